The van der Waals surface area contributed by atoms with Crippen molar-refractivity contribution in [3.05, 3.63) is 58.1 Å². The van der Waals surface area contributed by atoms with Crippen molar-refractivity contribution >= 4 is 21.7 Å². The number of hydrogen-bond acceptors (Lipinski definition) is 3. The fourth-order valence-electron chi connectivity index (χ4n) is 2.53. The number of aryl methyl sites for hydroxylation is 4. The number of nitrogens with one attached hydrogen (secondary N) is 1. The number of benzene rings is 2. The summed E-state index contributed by atoms with van der Waals surface area (Å²) in [5, 5.41) is 9.15. The molecule has 0 spiro atoms. The second-order valence-corrected chi connectivity index (χ2v) is 7.34. The van der Waals surface area contributed by atoms with E-state index in [4.69, 9.17) is 5.11 Å². The zero-order valence-electron chi connectivity index (χ0n) is 13.5. The molecule has 0 radical (unpaired) electrons. The molecular weight excluding hydrogens is 314 g/mol. The summed E-state index contributed by atoms with van der Waals surface area (Å²) in [6.07, 6.45) is 0. The van der Waals surface area contributed by atoms with Crippen molar-refractivity contribution in [1.82, 2.24) is 0 Å². The van der Waals surface area contributed by atoms with Gasteiger partial charge in [-0.2, -0.15) is 0 Å². The van der Waals surface area contributed by atoms with Crippen molar-refractivity contribution in [2.75, 3.05) is 4.72 Å². The Morgan fingerprint density at radius 3 is 2.04 bits per heavy atom. The van der Waals surface area contributed by atoms with Gasteiger partial charge in [-0.05, 0) is 56.5 Å². The van der Waals surface area contributed by atoms with Crippen LogP contribution in [0.5, 0.6) is 0 Å². The SMILES string of the molecule is Cc1cc(C)c(NS(=O)(=O)c2ccc(C)c(C(=O)O)c2)c(C)c1. The van der Waals surface area contributed by atoms with Crippen LogP contribution in [0, 0.1) is 27.7 Å². The highest BCUT2D eigenvalue weighted by Gasteiger charge is 2.19. The molecule has 0 aromatic heterocycles. The Morgan fingerprint density at radius 1 is 0.957 bits per heavy atom. The molecule has 0 aliphatic heterocycles. The summed E-state index contributed by atoms with van der Waals surface area (Å²) >= 11 is 0. The van der Waals surface area contributed by atoms with E-state index in [2.05, 4.69) is 4.72 Å². The molecule has 23 heavy (non-hydrogen) atoms. The maximum Gasteiger partial charge on any atom is 0.335 e. The Bertz CT molecular complexity index is 862. The quantitative estimate of drug-likeness (QED) is 0.898. The highest BCUT2D eigenvalue weighted by atomic mass is 32.2. The van der Waals surface area contributed by atoms with E-state index in [0.717, 1.165) is 16.7 Å². The van der Waals surface area contributed by atoms with Crippen molar-refractivity contribution in [2.24, 2.45) is 0 Å². The summed E-state index contributed by atoms with van der Waals surface area (Å²) in [7, 11) is -3.86. The van der Waals surface area contributed by atoms with E-state index in [-0.39, 0.29) is 10.5 Å². The highest BCUT2D eigenvalue weighted by Crippen LogP contribution is 2.26. The van der Waals surface area contributed by atoms with Crippen LogP contribution >= 0.6 is 0 Å². The maximum atomic E-state index is 12.6. The Labute approximate surface area is 136 Å². The van der Waals surface area contributed by atoms with Gasteiger partial charge in [0.15, 0.2) is 0 Å². The molecule has 2 aromatic carbocycles. The van der Waals surface area contributed by atoms with Crippen molar-refractivity contribution in [3.63, 3.8) is 0 Å². The minimum atomic E-state index is -3.86. The molecule has 122 valence electrons. The lowest BCUT2D eigenvalue weighted by molar-refractivity contribution is 0.0696. The number of anilines is 1. The number of sulfonamides is 1. The standard InChI is InChI=1S/C17H19NO4S/c1-10-7-12(3)16(13(4)8-10)18-23(21,22)14-6-5-11(2)15(9-14)17(19)20/h5-9,18H,1-4H3,(H,19,20). The minimum absolute atomic E-state index is 0.0229. The first-order valence-corrected chi connectivity index (χ1v) is 8.55. The topological polar surface area (TPSA) is 83.5 Å². The summed E-state index contributed by atoms with van der Waals surface area (Å²) in [6, 6.07) is 7.86. The minimum Gasteiger partial charge on any atom is -0.478 e. The lowest BCUT2D eigenvalue weighted by atomic mass is 10.1. The number of carboxylic acids is 1. The molecule has 0 bridgehead atoms. The monoisotopic (exact) mass is 333 g/mol. The summed E-state index contributed by atoms with van der Waals surface area (Å²) in [5.74, 6) is -1.15. The lowest BCUT2D eigenvalue weighted by Crippen LogP contribution is -2.16. The van der Waals surface area contributed by atoms with Crippen LogP contribution in [-0.4, -0.2) is 19.5 Å². The van der Waals surface area contributed by atoms with Gasteiger partial charge < -0.3 is 5.11 Å². The summed E-state index contributed by atoms with van der Waals surface area (Å²) in [6.45, 7) is 7.23. The molecule has 0 aliphatic carbocycles. The van der Waals surface area contributed by atoms with E-state index >= 15 is 0 Å². The van der Waals surface area contributed by atoms with Gasteiger partial charge >= 0.3 is 5.97 Å². The predicted octanol–water partition coefficient (Wildman–Crippen LogP) is 3.42. The van der Waals surface area contributed by atoms with Gasteiger partial charge in [0.05, 0.1) is 16.1 Å². The van der Waals surface area contributed by atoms with Gasteiger partial charge in [-0.15, -0.1) is 0 Å². The molecule has 2 rings (SSSR count). The van der Waals surface area contributed by atoms with Crippen molar-refractivity contribution in [2.45, 2.75) is 32.6 Å². The molecule has 2 aromatic rings. The molecule has 0 saturated carbocycles. The average Bonchev–Trinajstić information content (AvgIpc) is 2.42. The molecule has 0 aliphatic rings. The van der Waals surface area contributed by atoms with Crippen LogP contribution in [0.3, 0.4) is 0 Å². The number of carbonyl (C=O) groups is 1. The van der Waals surface area contributed by atoms with E-state index in [1.165, 1.54) is 18.2 Å². The van der Waals surface area contributed by atoms with E-state index < -0.39 is 16.0 Å². The van der Waals surface area contributed by atoms with Crippen molar-refractivity contribution in [1.29, 1.82) is 0 Å². The van der Waals surface area contributed by atoms with Crippen LogP contribution in [0.25, 0.3) is 0 Å². The van der Waals surface area contributed by atoms with Gasteiger partial charge in [-0.25, -0.2) is 13.2 Å². The molecule has 5 nitrogen and oxygen atoms in total. The van der Waals surface area contributed by atoms with Crippen LogP contribution in [0.2, 0.25) is 0 Å². The second-order valence-electron chi connectivity index (χ2n) is 5.66. The lowest BCUT2D eigenvalue weighted by Gasteiger charge is -2.15. The molecule has 0 atom stereocenters. The summed E-state index contributed by atoms with van der Waals surface area (Å²) < 4.78 is 27.7. The normalized spacial score (nSPS) is 11.3. The van der Waals surface area contributed by atoms with Gasteiger partial charge in [0, 0.05) is 0 Å². The zero-order chi connectivity index (χ0) is 17.4. The van der Waals surface area contributed by atoms with Crippen LogP contribution in [-0.2, 0) is 10.0 Å². The zero-order valence-corrected chi connectivity index (χ0v) is 14.3. The van der Waals surface area contributed by atoms with E-state index in [9.17, 15) is 13.2 Å². The average molecular weight is 333 g/mol. The smallest absolute Gasteiger partial charge is 0.335 e. The number of hydrogen-bond donors (Lipinski definition) is 2. The Hall–Kier alpha value is -2.34. The number of aromatic carboxylic acids is 1. The molecule has 0 fully saturated rings. The van der Waals surface area contributed by atoms with E-state index in [0.29, 0.717) is 11.3 Å². The Kier molecular flexibility index (Phi) is 4.47. The van der Waals surface area contributed by atoms with Gasteiger partial charge in [-0.3, -0.25) is 4.72 Å². The fourth-order valence-corrected chi connectivity index (χ4v) is 3.76. The van der Waals surface area contributed by atoms with E-state index in [1.807, 2.05) is 32.9 Å². The van der Waals surface area contributed by atoms with Crippen molar-refractivity contribution < 1.29 is 18.3 Å². The Balaban J connectivity index is 2.48. The van der Waals surface area contributed by atoms with Gasteiger partial charge in [0.1, 0.15) is 0 Å². The fraction of sp³-hybridized carbons (Fsp3) is 0.235. The summed E-state index contributed by atoms with van der Waals surface area (Å²) in [4.78, 5) is 11.1. The molecule has 0 unspecified atom stereocenters. The third kappa shape index (κ3) is 3.53. The van der Waals surface area contributed by atoms with Gasteiger partial charge in [0.25, 0.3) is 10.0 Å². The number of rotatable bonds is 4. The van der Waals surface area contributed by atoms with Gasteiger partial charge in [0.2, 0.25) is 0 Å². The molecule has 0 heterocycles. The second kappa shape index (κ2) is 6.04. The molecule has 0 amide bonds. The maximum absolute atomic E-state index is 12.6. The summed E-state index contributed by atoms with van der Waals surface area (Å²) in [5.41, 5.74) is 3.69. The first kappa shape index (κ1) is 17.0. The molecule has 2 N–H and O–H groups in total. The molecule has 6 heteroatoms. The van der Waals surface area contributed by atoms with E-state index in [1.54, 1.807) is 6.92 Å². The highest BCUT2D eigenvalue weighted by molar-refractivity contribution is 7.92. The first-order chi connectivity index (χ1) is 10.6. The van der Waals surface area contributed by atoms with Crippen molar-refractivity contribution in [3.8, 4) is 0 Å². The van der Waals surface area contributed by atoms with Gasteiger partial charge in [-0.1, -0.05) is 23.8 Å². The molecule has 0 saturated heterocycles. The first-order valence-electron chi connectivity index (χ1n) is 7.06. The largest absolute Gasteiger partial charge is 0.478 e. The molecular formula is C17H19NO4S. The number of carboxylic acid groups (broad SMARTS) is 1. The third-order valence-electron chi connectivity index (χ3n) is 3.66. The predicted molar refractivity (Wildman–Crippen MR) is 89.6 cm³/mol. The van der Waals surface area contributed by atoms with Crippen LogP contribution in [0.1, 0.15) is 32.6 Å². The van der Waals surface area contributed by atoms with Crippen LogP contribution in [0.15, 0.2) is 35.2 Å². The Morgan fingerprint density at radius 2 is 1.52 bits per heavy atom. The van der Waals surface area contributed by atoms with Crippen LogP contribution in [0.4, 0.5) is 5.69 Å². The van der Waals surface area contributed by atoms with Crippen LogP contribution < -0.4 is 4.72 Å². The third-order valence-corrected chi connectivity index (χ3v) is 5.01.